The van der Waals surface area contributed by atoms with E-state index < -0.39 is 0 Å². The van der Waals surface area contributed by atoms with E-state index in [2.05, 4.69) is 10.3 Å². The van der Waals surface area contributed by atoms with Gasteiger partial charge in [-0.2, -0.15) is 0 Å². The van der Waals surface area contributed by atoms with Gasteiger partial charge in [0.2, 0.25) is 5.91 Å². The number of benzene rings is 1. The Morgan fingerprint density at radius 3 is 3.13 bits per heavy atom. The highest BCUT2D eigenvalue weighted by Gasteiger charge is 2.20. The highest BCUT2D eigenvalue weighted by molar-refractivity contribution is 6.28. The zero-order valence-corrected chi connectivity index (χ0v) is 8.71. The lowest BCUT2D eigenvalue weighted by Gasteiger charge is -2.02. The van der Waals surface area contributed by atoms with E-state index >= 15 is 0 Å². The lowest BCUT2D eigenvalue weighted by atomic mass is 10.1. The fourth-order valence-corrected chi connectivity index (χ4v) is 1.58. The van der Waals surface area contributed by atoms with E-state index in [4.69, 9.17) is 17.3 Å². The molecule has 1 heterocycles. The molecule has 15 heavy (non-hydrogen) atoms. The smallest absolute Gasteiger partial charge is 0.228 e. The van der Waals surface area contributed by atoms with Gasteiger partial charge in [0.05, 0.1) is 18.0 Å². The minimum absolute atomic E-state index is 0.0166. The molecule has 0 fully saturated rings. The summed E-state index contributed by atoms with van der Waals surface area (Å²) < 4.78 is 0. The number of nitrogens with two attached hydrogens (primary N) is 1. The molecule has 1 aromatic rings. The van der Waals surface area contributed by atoms with Crippen LogP contribution in [0.15, 0.2) is 23.2 Å². The van der Waals surface area contributed by atoms with Crippen LogP contribution in [-0.4, -0.2) is 17.6 Å². The molecule has 0 aromatic heterocycles. The maximum atomic E-state index is 11.2. The average molecular weight is 224 g/mol. The minimum atomic E-state index is -0.0166. The molecule has 2 rings (SSSR count). The van der Waals surface area contributed by atoms with Gasteiger partial charge in [-0.05, 0) is 12.1 Å². The van der Waals surface area contributed by atoms with Gasteiger partial charge in [0.15, 0.2) is 0 Å². The Hall–Kier alpha value is -1.55. The standard InChI is InChI=1S/C10H10ClN3O/c11-5-9(12)13-7-2-1-3-8-6(7)4-10(15)14-8/h1-3H,4-5H2,(H2,12,13)(H,14,15). The van der Waals surface area contributed by atoms with Crippen molar-refractivity contribution in [1.29, 1.82) is 0 Å². The van der Waals surface area contributed by atoms with Crippen LogP contribution in [0.5, 0.6) is 0 Å². The molecule has 0 unspecified atom stereocenters. The molecule has 4 nitrogen and oxygen atoms in total. The Morgan fingerprint density at radius 1 is 1.60 bits per heavy atom. The monoisotopic (exact) mass is 223 g/mol. The van der Waals surface area contributed by atoms with Crippen molar-refractivity contribution in [3.05, 3.63) is 23.8 Å². The van der Waals surface area contributed by atoms with E-state index in [0.717, 1.165) is 11.3 Å². The number of aliphatic imine (C=N–C) groups is 1. The topological polar surface area (TPSA) is 67.5 Å². The van der Waals surface area contributed by atoms with Crippen LogP contribution >= 0.6 is 11.6 Å². The first-order valence-corrected chi connectivity index (χ1v) is 5.05. The first-order chi connectivity index (χ1) is 7.20. The molecule has 1 aliphatic heterocycles. The predicted octanol–water partition coefficient (Wildman–Crippen LogP) is 1.41. The summed E-state index contributed by atoms with van der Waals surface area (Å²) in [5.41, 5.74) is 7.95. The summed E-state index contributed by atoms with van der Waals surface area (Å²) >= 11 is 5.54. The molecule has 0 atom stereocenters. The van der Waals surface area contributed by atoms with Gasteiger partial charge >= 0.3 is 0 Å². The van der Waals surface area contributed by atoms with E-state index in [-0.39, 0.29) is 11.8 Å². The van der Waals surface area contributed by atoms with Crippen LogP contribution in [0, 0.1) is 0 Å². The van der Waals surface area contributed by atoms with Gasteiger partial charge in [0.1, 0.15) is 5.84 Å². The quantitative estimate of drug-likeness (QED) is 0.452. The normalized spacial score (nSPS) is 15.0. The van der Waals surface area contributed by atoms with Crippen LogP contribution in [0.3, 0.4) is 0 Å². The predicted molar refractivity (Wildman–Crippen MR) is 60.8 cm³/mol. The van der Waals surface area contributed by atoms with Crippen molar-refractivity contribution in [2.45, 2.75) is 6.42 Å². The molecule has 5 heteroatoms. The van der Waals surface area contributed by atoms with Crippen LogP contribution in [0.2, 0.25) is 0 Å². The highest BCUT2D eigenvalue weighted by atomic mass is 35.5. The molecule has 3 N–H and O–H groups in total. The zero-order valence-electron chi connectivity index (χ0n) is 7.96. The third kappa shape index (κ3) is 1.94. The number of fused-ring (bicyclic) bond motifs is 1. The third-order valence-corrected chi connectivity index (χ3v) is 2.44. The summed E-state index contributed by atoms with van der Waals surface area (Å²) in [5.74, 6) is 0.520. The van der Waals surface area contributed by atoms with Gasteiger partial charge in [-0.15, -0.1) is 11.6 Å². The Kier molecular flexibility index (Phi) is 2.60. The van der Waals surface area contributed by atoms with Gasteiger partial charge in [0, 0.05) is 11.3 Å². The second kappa shape index (κ2) is 3.90. The number of amides is 1. The summed E-state index contributed by atoms with van der Waals surface area (Å²) in [4.78, 5) is 15.3. The van der Waals surface area contributed by atoms with E-state index in [9.17, 15) is 4.79 Å². The first kappa shape index (κ1) is 9.98. The fourth-order valence-electron chi connectivity index (χ4n) is 1.52. The van der Waals surface area contributed by atoms with E-state index in [1.807, 2.05) is 18.2 Å². The number of anilines is 1. The minimum Gasteiger partial charge on any atom is -0.386 e. The summed E-state index contributed by atoms with van der Waals surface area (Å²) in [6, 6.07) is 5.49. The molecule has 0 saturated heterocycles. The van der Waals surface area contributed by atoms with Gasteiger partial charge in [-0.25, -0.2) is 4.99 Å². The van der Waals surface area contributed by atoms with Crippen LogP contribution in [0.1, 0.15) is 5.56 Å². The van der Waals surface area contributed by atoms with Crippen molar-refractivity contribution in [2.24, 2.45) is 10.7 Å². The molecule has 1 aliphatic rings. The lowest BCUT2D eigenvalue weighted by Crippen LogP contribution is -2.12. The number of carbonyl (C=O) groups is 1. The molecule has 0 saturated carbocycles. The molecule has 0 spiro atoms. The van der Waals surface area contributed by atoms with Crippen molar-refractivity contribution in [2.75, 3.05) is 11.2 Å². The molecular formula is C10H10ClN3O. The van der Waals surface area contributed by atoms with E-state index in [1.54, 1.807) is 0 Å². The number of carbonyl (C=O) groups excluding carboxylic acids is 1. The van der Waals surface area contributed by atoms with Gasteiger partial charge in [0.25, 0.3) is 0 Å². The molecule has 0 radical (unpaired) electrons. The maximum absolute atomic E-state index is 11.2. The summed E-state index contributed by atoms with van der Waals surface area (Å²) in [6.45, 7) is 0. The number of halogens is 1. The van der Waals surface area contributed by atoms with Crippen LogP contribution < -0.4 is 11.1 Å². The number of hydrogen-bond donors (Lipinski definition) is 2. The largest absolute Gasteiger partial charge is 0.386 e. The Labute approximate surface area is 92.1 Å². The van der Waals surface area contributed by atoms with Crippen molar-refractivity contribution < 1.29 is 4.79 Å². The van der Waals surface area contributed by atoms with E-state index in [1.165, 1.54) is 0 Å². The highest BCUT2D eigenvalue weighted by Crippen LogP contribution is 2.31. The number of alkyl halides is 1. The van der Waals surface area contributed by atoms with Gasteiger partial charge in [-0.3, -0.25) is 4.79 Å². The second-order valence-electron chi connectivity index (χ2n) is 3.26. The van der Waals surface area contributed by atoms with Crippen molar-refractivity contribution in [3.8, 4) is 0 Å². The SMILES string of the molecule is NC(CCl)=Nc1cccc2c1CC(=O)N2. The molecule has 78 valence electrons. The number of hydrogen-bond acceptors (Lipinski definition) is 2. The van der Waals surface area contributed by atoms with Crippen LogP contribution in [-0.2, 0) is 11.2 Å². The summed E-state index contributed by atoms with van der Waals surface area (Å²) in [6.07, 6.45) is 0.352. The van der Waals surface area contributed by atoms with Crippen LogP contribution in [0.4, 0.5) is 11.4 Å². The molecule has 0 bridgehead atoms. The Morgan fingerprint density at radius 2 is 2.40 bits per heavy atom. The third-order valence-electron chi connectivity index (χ3n) is 2.16. The molecular weight excluding hydrogens is 214 g/mol. The molecule has 0 aliphatic carbocycles. The van der Waals surface area contributed by atoms with Crippen molar-refractivity contribution in [3.63, 3.8) is 0 Å². The number of nitrogens with one attached hydrogen (secondary N) is 1. The van der Waals surface area contributed by atoms with Crippen molar-refractivity contribution in [1.82, 2.24) is 0 Å². The number of amidine groups is 1. The second-order valence-corrected chi connectivity index (χ2v) is 3.53. The number of rotatable bonds is 2. The lowest BCUT2D eigenvalue weighted by molar-refractivity contribution is -0.115. The van der Waals surface area contributed by atoms with Gasteiger partial charge < -0.3 is 11.1 Å². The van der Waals surface area contributed by atoms with Crippen LogP contribution in [0.25, 0.3) is 0 Å². The van der Waals surface area contributed by atoms with E-state index in [0.29, 0.717) is 17.9 Å². The average Bonchev–Trinajstić information content (AvgIpc) is 2.59. The molecule has 1 aromatic carbocycles. The maximum Gasteiger partial charge on any atom is 0.228 e. The zero-order chi connectivity index (χ0) is 10.8. The fraction of sp³-hybridized carbons (Fsp3) is 0.200. The first-order valence-electron chi connectivity index (χ1n) is 4.51. The van der Waals surface area contributed by atoms with Gasteiger partial charge in [-0.1, -0.05) is 6.07 Å². The summed E-state index contributed by atoms with van der Waals surface area (Å²) in [5, 5.41) is 2.75. The Balaban J connectivity index is 2.43. The summed E-state index contributed by atoms with van der Waals surface area (Å²) in [7, 11) is 0. The molecule has 1 amide bonds. The van der Waals surface area contributed by atoms with Crippen molar-refractivity contribution >= 4 is 34.7 Å². The number of nitrogens with zero attached hydrogens (tertiary/aromatic N) is 1. The Bertz CT molecular complexity index is 442.